The fraction of sp³-hybridized carbons (Fsp3) is 0.136. The monoisotopic (exact) mass is 424 g/mol. The number of carbonyl (C=O) groups excluding carboxylic acids is 1. The van der Waals surface area contributed by atoms with Crippen LogP contribution in [0.15, 0.2) is 71.1 Å². The van der Waals surface area contributed by atoms with Gasteiger partial charge in [0, 0.05) is 21.5 Å². The molecule has 2 aromatic carbocycles. The molecular weight excluding hydrogens is 408 g/mol. The van der Waals surface area contributed by atoms with Crippen LogP contribution in [0.4, 0.5) is 0 Å². The van der Waals surface area contributed by atoms with Crippen molar-refractivity contribution in [1.29, 1.82) is 0 Å². The molecule has 0 aliphatic heterocycles. The van der Waals surface area contributed by atoms with Crippen LogP contribution in [0.1, 0.15) is 18.5 Å². The van der Waals surface area contributed by atoms with Gasteiger partial charge in [-0.2, -0.15) is 0 Å². The minimum atomic E-state index is -0.814. The topological polar surface area (TPSA) is 61.2 Å². The molecule has 0 radical (unpaired) electrons. The van der Waals surface area contributed by atoms with Gasteiger partial charge in [0.25, 0.3) is 5.56 Å². The van der Waals surface area contributed by atoms with E-state index in [4.69, 9.17) is 16.3 Å². The first-order valence-corrected chi connectivity index (χ1v) is 10.3. The van der Waals surface area contributed by atoms with Crippen LogP contribution in [0, 0.1) is 0 Å². The van der Waals surface area contributed by atoms with Gasteiger partial charge in [0.05, 0.1) is 11.7 Å². The van der Waals surface area contributed by atoms with Crippen molar-refractivity contribution in [3.63, 3.8) is 0 Å². The SMILES string of the molecule is CC(C(=O)OCc1ccccc1Cl)n1cnc2scc(-c3ccccc3)c2c1=O. The third-order valence-corrected chi connectivity index (χ3v) is 5.95. The number of halogens is 1. The Kier molecular flexibility index (Phi) is 5.47. The molecule has 29 heavy (non-hydrogen) atoms. The highest BCUT2D eigenvalue weighted by atomic mass is 35.5. The van der Waals surface area contributed by atoms with Crippen molar-refractivity contribution in [2.45, 2.75) is 19.6 Å². The first-order valence-electron chi connectivity index (χ1n) is 9.00. The van der Waals surface area contributed by atoms with Crippen LogP contribution >= 0.6 is 22.9 Å². The number of hydrogen-bond donors (Lipinski definition) is 0. The lowest BCUT2D eigenvalue weighted by Crippen LogP contribution is -2.29. The summed E-state index contributed by atoms with van der Waals surface area (Å²) in [4.78, 5) is 30.7. The molecule has 1 atom stereocenters. The summed E-state index contributed by atoms with van der Waals surface area (Å²) in [5.74, 6) is -0.523. The molecule has 0 saturated carbocycles. The smallest absolute Gasteiger partial charge is 0.329 e. The summed E-state index contributed by atoms with van der Waals surface area (Å²) >= 11 is 7.51. The highest BCUT2D eigenvalue weighted by Gasteiger charge is 2.21. The molecule has 4 rings (SSSR count). The van der Waals surface area contributed by atoms with Crippen molar-refractivity contribution in [2.75, 3.05) is 0 Å². The van der Waals surface area contributed by atoms with Crippen molar-refractivity contribution in [1.82, 2.24) is 9.55 Å². The predicted molar refractivity (Wildman–Crippen MR) is 115 cm³/mol. The van der Waals surface area contributed by atoms with Crippen LogP contribution in [0.25, 0.3) is 21.3 Å². The maximum atomic E-state index is 13.2. The first kappa shape index (κ1) is 19.4. The standard InChI is InChI=1S/C22H17ClN2O3S/c1-14(22(27)28-11-16-9-5-6-10-18(16)23)25-13-24-20-19(21(25)26)17(12-29-20)15-7-3-2-4-8-15/h2-10,12-14H,11H2,1H3. The number of esters is 1. The Labute approximate surface area is 176 Å². The Bertz CT molecular complexity index is 1230. The van der Waals surface area contributed by atoms with Crippen LogP contribution in [0.3, 0.4) is 0 Å². The Morgan fingerprint density at radius 1 is 1.17 bits per heavy atom. The molecule has 0 aliphatic carbocycles. The molecule has 0 bridgehead atoms. The van der Waals surface area contributed by atoms with E-state index in [1.54, 1.807) is 19.1 Å². The molecule has 4 aromatic rings. The largest absolute Gasteiger partial charge is 0.459 e. The molecule has 1 unspecified atom stereocenters. The number of nitrogens with zero attached hydrogens (tertiary/aromatic N) is 2. The van der Waals surface area contributed by atoms with Crippen molar-refractivity contribution in [3.05, 3.63) is 87.2 Å². The summed E-state index contributed by atoms with van der Waals surface area (Å²) in [6.45, 7) is 1.67. The molecule has 2 aromatic heterocycles. The zero-order chi connectivity index (χ0) is 20.4. The lowest BCUT2D eigenvalue weighted by molar-refractivity contribution is -0.148. The van der Waals surface area contributed by atoms with Crippen molar-refractivity contribution in [2.24, 2.45) is 0 Å². The Morgan fingerprint density at radius 3 is 2.66 bits per heavy atom. The number of aromatic nitrogens is 2. The third kappa shape index (κ3) is 3.81. The Balaban J connectivity index is 1.63. The molecule has 7 heteroatoms. The maximum absolute atomic E-state index is 13.2. The fourth-order valence-electron chi connectivity index (χ4n) is 3.05. The summed E-state index contributed by atoms with van der Waals surface area (Å²) in [6, 6.07) is 16.0. The van der Waals surface area contributed by atoms with Crippen LogP contribution in [-0.2, 0) is 16.1 Å². The summed E-state index contributed by atoms with van der Waals surface area (Å²) < 4.78 is 6.70. The van der Waals surface area contributed by atoms with Crippen molar-refractivity contribution in [3.8, 4) is 11.1 Å². The van der Waals surface area contributed by atoms with Crippen LogP contribution in [0.5, 0.6) is 0 Å². The highest BCUT2D eigenvalue weighted by molar-refractivity contribution is 7.17. The zero-order valence-electron chi connectivity index (χ0n) is 15.5. The summed E-state index contributed by atoms with van der Waals surface area (Å²) in [5.41, 5.74) is 2.19. The van der Waals surface area contributed by atoms with Gasteiger partial charge in [-0.05, 0) is 18.6 Å². The normalized spacial score (nSPS) is 12.1. The van der Waals surface area contributed by atoms with E-state index in [2.05, 4.69) is 4.98 Å². The second-order valence-electron chi connectivity index (χ2n) is 6.53. The van der Waals surface area contributed by atoms with Gasteiger partial charge in [0.2, 0.25) is 0 Å². The maximum Gasteiger partial charge on any atom is 0.329 e. The van der Waals surface area contributed by atoms with E-state index in [0.717, 1.165) is 11.1 Å². The molecule has 0 saturated heterocycles. The molecule has 0 spiro atoms. The molecule has 146 valence electrons. The van der Waals surface area contributed by atoms with E-state index >= 15 is 0 Å². The van der Waals surface area contributed by atoms with E-state index in [9.17, 15) is 9.59 Å². The van der Waals surface area contributed by atoms with Crippen molar-refractivity contribution < 1.29 is 9.53 Å². The first-order chi connectivity index (χ1) is 14.1. The van der Waals surface area contributed by atoms with E-state index in [1.807, 2.05) is 47.8 Å². The van der Waals surface area contributed by atoms with Gasteiger partial charge in [-0.25, -0.2) is 9.78 Å². The van der Waals surface area contributed by atoms with E-state index in [-0.39, 0.29) is 12.2 Å². The average Bonchev–Trinajstić information content (AvgIpc) is 3.18. The molecule has 0 aliphatic rings. The van der Waals surface area contributed by atoms with Gasteiger partial charge in [-0.1, -0.05) is 60.1 Å². The number of fused-ring (bicyclic) bond motifs is 1. The van der Waals surface area contributed by atoms with Gasteiger partial charge in [-0.15, -0.1) is 11.3 Å². The highest BCUT2D eigenvalue weighted by Crippen LogP contribution is 2.30. The minimum absolute atomic E-state index is 0.0426. The number of hydrogen-bond acceptors (Lipinski definition) is 5. The van der Waals surface area contributed by atoms with Crippen LogP contribution < -0.4 is 5.56 Å². The molecule has 0 fully saturated rings. The van der Waals surface area contributed by atoms with Gasteiger partial charge in [-0.3, -0.25) is 9.36 Å². The second kappa shape index (κ2) is 8.19. The molecular formula is C22H17ClN2O3S. The number of carbonyl (C=O) groups is 1. The van der Waals surface area contributed by atoms with Gasteiger partial charge in [0.1, 0.15) is 17.5 Å². The average molecular weight is 425 g/mol. The van der Waals surface area contributed by atoms with E-state index in [0.29, 0.717) is 20.8 Å². The minimum Gasteiger partial charge on any atom is -0.459 e. The van der Waals surface area contributed by atoms with Gasteiger partial charge >= 0.3 is 5.97 Å². The zero-order valence-corrected chi connectivity index (χ0v) is 17.1. The number of benzene rings is 2. The number of ether oxygens (including phenoxy) is 1. The lowest BCUT2D eigenvalue weighted by atomic mass is 10.1. The van der Waals surface area contributed by atoms with E-state index < -0.39 is 12.0 Å². The summed E-state index contributed by atoms with van der Waals surface area (Å²) in [7, 11) is 0. The number of rotatable bonds is 5. The van der Waals surface area contributed by atoms with Crippen LogP contribution in [0.2, 0.25) is 5.02 Å². The summed E-state index contributed by atoms with van der Waals surface area (Å²) in [5, 5.41) is 2.95. The molecule has 0 amide bonds. The predicted octanol–water partition coefficient (Wildman–Crippen LogP) is 5.08. The summed E-state index contributed by atoms with van der Waals surface area (Å²) in [6.07, 6.45) is 1.40. The van der Waals surface area contributed by atoms with Crippen molar-refractivity contribution >= 4 is 39.1 Å². The molecule has 0 N–H and O–H groups in total. The Morgan fingerprint density at radius 2 is 1.90 bits per heavy atom. The Hall–Kier alpha value is -2.96. The molecule has 5 nitrogen and oxygen atoms in total. The van der Waals surface area contributed by atoms with E-state index in [1.165, 1.54) is 22.2 Å². The quantitative estimate of drug-likeness (QED) is 0.419. The second-order valence-corrected chi connectivity index (χ2v) is 7.79. The molecule has 2 heterocycles. The third-order valence-electron chi connectivity index (χ3n) is 4.69. The van der Waals surface area contributed by atoms with Crippen LogP contribution in [-0.4, -0.2) is 15.5 Å². The lowest BCUT2D eigenvalue weighted by Gasteiger charge is -2.14. The van der Waals surface area contributed by atoms with Gasteiger partial charge in [0.15, 0.2) is 0 Å². The fourth-order valence-corrected chi connectivity index (χ4v) is 4.15. The number of thiophene rings is 1. The van der Waals surface area contributed by atoms with Gasteiger partial charge < -0.3 is 4.74 Å².